The Morgan fingerprint density at radius 3 is 2.56 bits per heavy atom. The van der Waals surface area contributed by atoms with Crippen LogP contribution in [0, 0.1) is 17.8 Å². The van der Waals surface area contributed by atoms with Crippen molar-refractivity contribution in [3.05, 3.63) is 24.3 Å². The highest BCUT2D eigenvalue weighted by Gasteiger charge is 2.50. The number of benzene rings is 1. The number of fused-ring (bicyclic) bond motifs is 1. The number of amides is 3. The van der Waals surface area contributed by atoms with Crippen molar-refractivity contribution >= 4 is 23.4 Å². The van der Waals surface area contributed by atoms with Gasteiger partial charge in [-0.3, -0.25) is 24.2 Å². The first-order chi connectivity index (χ1) is 11.9. The predicted octanol–water partition coefficient (Wildman–Crippen LogP) is 2.43. The van der Waals surface area contributed by atoms with Gasteiger partial charge in [-0.1, -0.05) is 19.1 Å². The van der Waals surface area contributed by atoms with Gasteiger partial charge in [0.15, 0.2) is 0 Å². The van der Waals surface area contributed by atoms with Crippen LogP contribution in [0.2, 0.25) is 0 Å². The molecule has 134 valence electrons. The minimum Gasteiger partial charge on any atom is -0.495 e. The van der Waals surface area contributed by atoms with Crippen molar-refractivity contribution in [3.8, 4) is 5.75 Å². The first kappa shape index (κ1) is 17.5. The third kappa shape index (κ3) is 3.13. The molecule has 0 aromatic heterocycles. The molecule has 1 aliphatic heterocycles. The maximum atomic E-state index is 12.8. The SMILES string of the molecule is COc1ccccc1N(CN1C(=O)[C@H]2C[C@H](C)CC[C@H]2C1=O)C(C)=O. The van der Waals surface area contributed by atoms with Crippen molar-refractivity contribution in [2.24, 2.45) is 17.8 Å². The van der Waals surface area contributed by atoms with Crippen LogP contribution in [0.3, 0.4) is 0 Å². The second-order valence-corrected chi connectivity index (χ2v) is 7.00. The zero-order chi connectivity index (χ0) is 18.1. The third-order valence-corrected chi connectivity index (χ3v) is 5.32. The number of anilines is 1. The second kappa shape index (κ2) is 6.86. The average molecular weight is 344 g/mol. The van der Waals surface area contributed by atoms with Gasteiger partial charge in [0.25, 0.3) is 0 Å². The molecule has 1 aromatic rings. The van der Waals surface area contributed by atoms with Crippen LogP contribution >= 0.6 is 0 Å². The zero-order valence-corrected chi connectivity index (χ0v) is 14.9. The molecule has 2 aliphatic rings. The van der Waals surface area contributed by atoms with Gasteiger partial charge in [0.2, 0.25) is 17.7 Å². The molecule has 1 saturated heterocycles. The topological polar surface area (TPSA) is 66.9 Å². The number of carbonyl (C=O) groups excluding carboxylic acids is 3. The Hall–Kier alpha value is -2.37. The molecule has 1 heterocycles. The van der Waals surface area contributed by atoms with Crippen molar-refractivity contribution in [2.45, 2.75) is 33.1 Å². The number of nitrogens with zero attached hydrogens (tertiary/aromatic N) is 2. The van der Waals surface area contributed by atoms with Crippen molar-refractivity contribution in [2.75, 3.05) is 18.7 Å². The van der Waals surface area contributed by atoms with Crippen LogP contribution in [0.5, 0.6) is 5.75 Å². The molecule has 3 amide bonds. The van der Waals surface area contributed by atoms with Gasteiger partial charge < -0.3 is 4.74 Å². The van der Waals surface area contributed by atoms with Crippen molar-refractivity contribution in [1.29, 1.82) is 0 Å². The van der Waals surface area contributed by atoms with Gasteiger partial charge >= 0.3 is 0 Å². The monoisotopic (exact) mass is 344 g/mol. The largest absolute Gasteiger partial charge is 0.495 e. The van der Waals surface area contributed by atoms with Gasteiger partial charge in [-0.25, -0.2) is 0 Å². The van der Waals surface area contributed by atoms with E-state index in [2.05, 4.69) is 6.92 Å². The van der Waals surface area contributed by atoms with Gasteiger partial charge in [0.1, 0.15) is 12.4 Å². The number of rotatable bonds is 4. The van der Waals surface area contributed by atoms with Gasteiger partial charge in [-0.15, -0.1) is 0 Å². The number of ether oxygens (including phenoxy) is 1. The molecule has 0 unspecified atom stereocenters. The Bertz CT molecular complexity index is 702. The molecule has 0 radical (unpaired) electrons. The minimum atomic E-state index is -0.242. The van der Waals surface area contributed by atoms with E-state index in [0.29, 0.717) is 17.4 Å². The lowest BCUT2D eigenvalue weighted by Crippen LogP contribution is -2.44. The predicted molar refractivity (Wildman–Crippen MR) is 92.9 cm³/mol. The molecule has 0 N–H and O–H groups in total. The molecule has 1 aromatic carbocycles. The molecule has 3 atom stereocenters. The number of imide groups is 1. The molecule has 1 saturated carbocycles. The summed E-state index contributed by atoms with van der Waals surface area (Å²) < 4.78 is 5.32. The summed E-state index contributed by atoms with van der Waals surface area (Å²) in [6.07, 6.45) is 2.47. The summed E-state index contributed by atoms with van der Waals surface area (Å²) in [7, 11) is 1.53. The molecule has 25 heavy (non-hydrogen) atoms. The number of carbonyl (C=O) groups is 3. The van der Waals surface area contributed by atoms with Crippen LogP contribution in [0.4, 0.5) is 5.69 Å². The maximum absolute atomic E-state index is 12.8. The summed E-state index contributed by atoms with van der Waals surface area (Å²) in [6.45, 7) is 3.48. The number of hydrogen-bond donors (Lipinski definition) is 0. The van der Waals surface area contributed by atoms with Crippen molar-refractivity contribution < 1.29 is 19.1 Å². The highest BCUT2D eigenvalue weighted by atomic mass is 16.5. The molecular formula is C19H24N2O4. The van der Waals surface area contributed by atoms with E-state index >= 15 is 0 Å². The van der Waals surface area contributed by atoms with E-state index in [1.54, 1.807) is 18.2 Å². The van der Waals surface area contributed by atoms with Crippen molar-refractivity contribution in [3.63, 3.8) is 0 Å². The molecule has 6 nitrogen and oxygen atoms in total. The Labute approximate surface area is 147 Å². The highest BCUT2D eigenvalue weighted by Crippen LogP contribution is 2.41. The van der Waals surface area contributed by atoms with Crippen LogP contribution in [0.1, 0.15) is 33.1 Å². The molecule has 6 heteroatoms. The molecule has 0 spiro atoms. The van der Waals surface area contributed by atoms with Gasteiger partial charge in [0, 0.05) is 6.92 Å². The fourth-order valence-corrected chi connectivity index (χ4v) is 3.94. The molecular weight excluding hydrogens is 320 g/mol. The first-order valence-electron chi connectivity index (χ1n) is 8.70. The van der Waals surface area contributed by atoms with Crippen molar-refractivity contribution in [1.82, 2.24) is 4.90 Å². The van der Waals surface area contributed by atoms with Crippen LogP contribution < -0.4 is 9.64 Å². The van der Waals surface area contributed by atoms with Gasteiger partial charge in [0.05, 0.1) is 24.6 Å². The van der Waals surface area contributed by atoms with Crippen LogP contribution in [-0.2, 0) is 14.4 Å². The minimum absolute atomic E-state index is 0.0608. The molecule has 2 fully saturated rings. The summed E-state index contributed by atoms with van der Waals surface area (Å²) in [5.41, 5.74) is 0.557. The van der Waals surface area contributed by atoms with E-state index in [4.69, 9.17) is 4.74 Å². The normalized spacial score (nSPS) is 25.7. The fourth-order valence-electron chi connectivity index (χ4n) is 3.94. The standard InChI is InChI=1S/C19H24N2O4/c1-12-8-9-14-15(10-12)19(24)21(18(14)23)11-20(13(2)22)16-6-4-5-7-17(16)25-3/h4-7,12,14-15H,8-11H2,1-3H3/t12-,14-,15+/m1/s1. The van der Waals surface area contributed by atoms with E-state index < -0.39 is 0 Å². The van der Waals surface area contributed by atoms with E-state index in [-0.39, 0.29) is 36.2 Å². The summed E-state index contributed by atoms with van der Waals surface area (Å²) in [6, 6.07) is 7.10. The van der Waals surface area contributed by atoms with E-state index in [1.807, 2.05) is 6.07 Å². The lowest BCUT2D eigenvalue weighted by atomic mass is 9.76. The highest BCUT2D eigenvalue weighted by molar-refractivity contribution is 6.06. The summed E-state index contributed by atoms with van der Waals surface area (Å²) in [4.78, 5) is 40.4. The summed E-state index contributed by atoms with van der Waals surface area (Å²) in [5, 5.41) is 0. The lowest BCUT2D eigenvalue weighted by Gasteiger charge is -2.27. The summed E-state index contributed by atoms with van der Waals surface area (Å²) >= 11 is 0. The average Bonchev–Trinajstić information content (AvgIpc) is 2.83. The maximum Gasteiger partial charge on any atom is 0.234 e. The third-order valence-electron chi connectivity index (χ3n) is 5.32. The quantitative estimate of drug-likeness (QED) is 0.787. The van der Waals surface area contributed by atoms with Crippen LogP contribution in [-0.4, -0.2) is 36.4 Å². The Morgan fingerprint density at radius 2 is 1.88 bits per heavy atom. The fraction of sp³-hybridized carbons (Fsp3) is 0.526. The molecule has 3 rings (SSSR count). The zero-order valence-electron chi connectivity index (χ0n) is 14.9. The van der Waals surface area contributed by atoms with E-state index in [1.165, 1.54) is 23.8 Å². The van der Waals surface area contributed by atoms with E-state index in [0.717, 1.165) is 19.3 Å². The number of hydrogen-bond acceptors (Lipinski definition) is 4. The summed E-state index contributed by atoms with van der Waals surface area (Å²) in [5.74, 6) is -0.0177. The molecule has 0 bridgehead atoms. The lowest BCUT2D eigenvalue weighted by molar-refractivity contribution is -0.140. The van der Waals surface area contributed by atoms with Gasteiger partial charge in [-0.05, 0) is 37.3 Å². The van der Waals surface area contributed by atoms with Crippen LogP contribution in [0.25, 0.3) is 0 Å². The number of likely N-dealkylation sites (tertiary alicyclic amines) is 1. The Kier molecular flexibility index (Phi) is 4.79. The van der Waals surface area contributed by atoms with E-state index in [9.17, 15) is 14.4 Å². The van der Waals surface area contributed by atoms with Gasteiger partial charge in [-0.2, -0.15) is 0 Å². The Morgan fingerprint density at radius 1 is 1.20 bits per heavy atom. The smallest absolute Gasteiger partial charge is 0.234 e. The molecule has 1 aliphatic carbocycles. The Balaban J connectivity index is 1.87. The number of para-hydroxylation sites is 2. The van der Waals surface area contributed by atoms with Crippen LogP contribution in [0.15, 0.2) is 24.3 Å². The first-order valence-corrected chi connectivity index (χ1v) is 8.70. The second-order valence-electron chi connectivity index (χ2n) is 7.00. The number of methoxy groups -OCH3 is 1.